The first-order valence-corrected chi connectivity index (χ1v) is 11.3. The summed E-state index contributed by atoms with van der Waals surface area (Å²) in [5.41, 5.74) is 8.12. The van der Waals surface area contributed by atoms with Gasteiger partial charge in [-0.3, -0.25) is 20.3 Å². The largest absolute Gasteiger partial charge is 0.339 e. The molecule has 2 aromatic heterocycles. The fourth-order valence-corrected chi connectivity index (χ4v) is 4.41. The van der Waals surface area contributed by atoms with Gasteiger partial charge in [0, 0.05) is 29.1 Å². The van der Waals surface area contributed by atoms with Gasteiger partial charge in [0.15, 0.2) is 16.6 Å². The molecule has 4 aromatic rings. The molecule has 12 heteroatoms. The van der Waals surface area contributed by atoms with Crippen molar-refractivity contribution in [3.05, 3.63) is 58.6 Å². The zero-order valence-corrected chi connectivity index (χ0v) is 18.4. The van der Waals surface area contributed by atoms with Crippen molar-refractivity contribution < 1.29 is 9.72 Å². The standard InChI is InChI=1S/C21H20N8O3S/c1-12-10-17(26-25-12)23-18(30)11-33-21-22-16-5-3-2-4-15(16)20-24-19(27-28(20)21)13-6-8-14(9-7-13)29(31)32/h2-9,12,17,25-26H,10-11H2,1H3,(H,23,30). The maximum absolute atomic E-state index is 12.5. The van der Waals surface area contributed by atoms with Gasteiger partial charge >= 0.3 is 0 Å². The third-order valence-corrected chi connectivity index (χ3v) is 6.18. The number of carbonyl (C=O) groups excluding carboxylic acids is 1. The summed E-state index contributed by atoms with van der Waals surface area (Å²) >= 11 is 1.27. The van der Waals surface area contributed by atoms with Crippen molar-refractivity contribution in [1.82, 2.24) is 35.8 Å². The number of nitrogens with one attached hydrogen (secondary N) is 3. The van der Waals surface area contributed by atoms with Crippen LogP contribution in [0.15, 0.2) is 53.7 Å². The van der Waals surface area contributed by atoms with Gasteiger partial charge in [0.1, 0.15) is 0 Å². The van der Waals surface area contributed by atoms with Crippen molar-refractivity contribution in [3.63, 3.8) is 0 Å². The van der Waals surface area contributed by atoms with E-state index >= 15 is 0 Å². The average Bonchev–Trinajstić information content (AvgIpc) is 3.44. The van der Waals surface area contributed by atoms with Crippen LogP contribution in [0.25, 0.3) is 27.9 Å². The van der Waals surface area contributed by atoms with Crippen molar-refractivity contribution in [2.24, 2.45) is 0 Å². The Kier molecular flexibility index (Phi) is 5.62. The van der Waals surface area contributed by atoms with Crippen LogP contribution in [-0.2, 0) is 4.79 Å². The Morgan fingerprint density at radius 1 is 1.21 bits per heavy atom. The van der Waals surface area contributed by atoms with Crippen LogP contribution in [0.3, 0.4) is 0 Å². The summed E-state index contributed by atoms with van der Waals surface area (Å²) in [6, 6.07) is 13.9. The molecule has 3 heterocycles. The number of rotatable bonds is 6. The summed E-state index contributed by atoms with van der Waals surface area (Å²) in [5.74, 6) is 0.469. The number of non-ortho nitro benzene ring substituents is 1. The second-order valence-corrected chi connectivity index (χ2v) is 8.66. The number of amides is 1. The number of para-hydroxylation sites is 1. The van der Waals surface area contributed by atoms with Crippen LogP contribution in [0.5, 0.6) is 0 Å². The lowest BCUT2D eigenvalue weighted by atomic mass is 10.2. The molecule has 5 rings (SSSR count). The Bertz CT molecular complexity index is 1360. The predicted molar refractivity (Wildman–Crippen MR) is 123 cm³/mol. The molecule has 2 atom stereocenters. The smallest absolute Gasteiger partial charge is 0.269 e. The highest BCUT2D eigenvalue weighted by Crippen LogP contribution is 2.27. The van der Waals surface area contributed by atoms with Gasteiger partial charge in [-0.25, -0.2) is 15.4 Å². The molecule has 168 valence electrons. The third-order valence-electron chi connectivity index (χ3n) is 5.25. The van der Waals surface area contributed by atoms with E-state index in [-0.39, 0.29) is 29.6 Å². The molecular formula is C21H20N8O3S. The molecule has 3 N–H and O–H groups in total. The van der Waals surface area contributed by atoms with Crippen LogP contribution in [-0.4, -0.2) is 48.4 Å². The van der Waals surface area contributed by atoms with E-state index in [2.05, 4.69) is 31.2 Å². The van der Waals surface area contributed by atoms with Gasteiger partial charge < -0.3 is 5.32 Å². The lowest BCUT2D eigenvalue weighted by molar-refractivity contribution is -0.384. The molecule has 0 spiro atoms. The highest BCUT2D eigenvalue weighted by atomic mass is 32.2. The molecule has 1 fully saturated rings. The first-order chi connectivity index (χ1) is 16.0. The number of benzene rings is 2. The molecular weight excluding hydrogens is 444 g/mol. The third kappa shape index (κ3) is 4.35. The van der Waals surface area contributed by atoms with Crippen LogP contribution in [0.2, 0.25) is 0 Å². The first kappa shape index (κ1) is 21.2. The summed E-state index contributed by atoms with van der Waals surface area (Å²) in [4.78, 5) is 32.3. The van der Waals surface area contributed by atoms with Gasteiger partial charge in [0.05, 0.1) is 22.4 Å². The topological polar surface area (TPSA) is 139 Å². The SMILES string of the molecule is CC1CC(NC(=O)CSc2nc3ccccc3c3nc(-c4ccc([N+](=O)[O-])cc4)nn23)NN1. The van der Waals surface area contributed by atoms with Crippen LogP contribution in [0.4, 0.5) is 5.69 Å². The van der Waals surface area contributed by atoms with E-state index in [0.717, 1.165) is 17.3 Å². The van der Waals surface area contributed by atoms with E-state index in [4.69, 9.17) is 0 Å². The molecule has 0 aliphatic carbocycles. The van der Waals surface area contributed by atoms with Gasteiger partial charge in [-0.05, 0) is 37.6 Å². The second kappa shape index (κ2) is 8.73. The number of nitrogens with zero attached hydrogens (tertiary/aromatic N) is 5. The lowest BCUT2D eigenvalue weighted by Gasteiger charge is -2.12. The normalized spacial score (nSPS) is 18.1. The van der Waals surface area contributed by atoms with Crippen molar-refractivity contribution in [2.45, 2.75) is 30.7 Å². The number of fused-ring (bicyclic) bond motifs is 3. The summed E-state index contributed by atoms with van der Waals surface area (Å²) in [5, 5.41) is 19.9. The molecule has 2 unspecified atom stereocenters. The van der Waals surface area contributed by atoms with E-state index < -0.39 is 4.92 Å². The van der Waals surface area contributed by atoms with Crippen molar-refractivity contribution >= 4 is 39.9 Å². The minimum Gasteiger partial charge on any atom is -0.339 e. The predicted octanol–water partition coefficient (Wildman–Crippen LogP) is 2.27. The highest BCUT2D eigenvalue weighted by molar-refractivity contribution is 7.99. The van der Waals surface area contributed by atoms with E-state index in [1.807, 2.05) is 31.2 Å². The highest BCUT2D eigenvalue weighted by Gasteiger charge is 2.22. The Labute approximate surface area is 192 Å². The molecule has 0 radical (unpaired) electrons. The molecule has 1 aliphatic heterocycles. The molecule has 0 bridgehead atoms. The van der Waals surface area contributed by atoms with E-state index in [1.165, 1.54) is 23.9 Å². The quantitative estimate of drug-likeness (QED) is 0.170. The summed E-state index contributed by atoms with van der Waals surface area (Å²) in [6.07, 6.45) is 0.689. The van der Waals surface area contributed by atoms with Crippen LogP contribution < -0.4 is 16.2 Å². The van der Waals surface area contributed by atoms with Gasteiger partial charge in [0.2, 0.25) is 5.91 Å². The number of hydrogen-bond acceptors (Lipinski definition) is 9. The average molecular weight is 465 g/mol. The Balaban J connectivity index is 1.46. The number of hydrogen-bond donors (Lipinski definition) is 3. The minimum atomic E-state index is -0.448. The Hall–Kier alpha value is -3.61. The maximum atomic E-state index is 12.5. The van der Waals surface area contributed by atoms with Gasteiger partial charge in [0.25, 0.3) is 5.69 Å². The molecule has 33 heavy (non-hydrogen) atoms. The van der Waals surface area contributed by atoms with E-state index in [0.29, 0.717) is 22.2 Å². The zero-order valence-electron chi connectivity index (χ0n) is 17.6. The zero-order chi connectivity index (χ0) is 22.9. The Morgan fingerprint density at radius 3 is 2.73 bits per heavy atom. The fraction of sp³-hybridized carbons (Fsp3) is 0.238. The van der Waals surface area contributed by atoms with E-state index in [9.17, 15) is 14.9 Å². The van der Waals surface area contributed by atoms with Crippen LogP contribution in [0, 0.1) is 10.1 Å². The van der Waals surface area contributed by atoms with Crippen molar-refractivity contribution in [2.75, 3.05) is 5.75 Å². The van der Waals surface area contributed by atoms with Gasteiger partial charge in [-0.2, -0.15) is 4.52 Å². The summed E-state index contributed by atoms with van der Waals surface area (Å²) in [7, 11) is 0. The minimum absolute atomic E-state index is 0.00164. The molecule has 2 aromatic carbocycles. The fourth-order valence-electron chi connectivity index (χ4n) is 3.65. The first-order valence-electron chi connectivity index (χ1n) is 10.3. The molecule has 11 nitrogen and oxygen atoms in total. The van der Waals surface area contributed by atoms with Gasteiger partial charge in [-0.15, -0.1) is 5.10 Å². The van der Waals surface area contributed by atoms with Crippen molar-refractivity contribution in [1.29, 1.82) is 0 Å². The number of hydrazine groups is 1. The van der Waals surface area contributed by atoms with Crippen LogP contribution in [0.1, 0.15) is 13.3 Å². The molecule has 0 saturated carbocycles. The maximum Gasteiger partial charge on any atom is 0.269 e. The number of thioether (sulfide) groups is 1. The number of aromatic nitrogens is 4. The van der Waals surface area contributed by atoms with E-state index in [1.54, 1.807) is 16.6 Å². The lowest BCUT2D eigenvalue weighted by Crippen LogP contribution is -2.45. The monoisotopic (exact) mass is 464 g/mol. The number of carbonyl (C=O) groups is 1. The van der Waals surface area contributed by atoms with Crippen molar-refractivity contribution in [3.8, 4) is 11.4 Å². The molecule has 1 saturated heterocycles. The summed E-state index contributed by atoms with van der Waals surface area (Å²) in [6.45, 7) is 2.04. The number of nitro groups is 1. The van der Waals surface area contributed by atoms with Gasteiger partial charge in [-0.1, -0.05) is 23.9 Å². The summed E-state index contributed by atoms with van der Waals surface area (Å²) < 4.78 is 1.62. The van der Waals surface area contributed by atoms with Crippen LogP contribution >= 0.6 is 11.8 Å². The Morgan fingerprint density at radius 2 is 2.00 bits per heavy atom. The second-order valence-electron chi connectivity index (χ2n) is 7.72. The molecule has 1 aliphatic rings. The molecule has 1 amide bonds. The number of nitro benzene ring substituents is 1.